The molecule has 3 heteroatoms. The van der Waals surface area contributed by atoms with Crippen LogP contribution in [0, 0.1) is 12.8 Å². The molecule has 0 fully saturated rings. The Kier molecular flexibility index (Phi) is 13.8. The fourth-order valence-corrected chi connectivity index (χ4v) is 1.44. The van der Waals surface area contributed by atoms with E-state index in [0.717, 1.165) is 6.42 Å². The molecular weight excluding hydrogens is 264 g/mol. The molecule has 0 aliphatic carbocycles. The van der Waals surface area contributed by atoms with Gasteiger partial charge < -0.3 is 9.53 Å². The SMILES string of the molecule is CC(=O)CC(C)C.CC(=O)OC(C)C.Cc1ccccc1. The van der Waals surface area contributed by atoms with E-state index >= 15 is 0 Å². The van der Waals surface area contributed by atoms with Crippen molar-refractivity contribution in [2.24, 2.45) is 5.92 Å². The van der Waals surface area contributed by atoms with Gasteiger partial charge in [0, 0.05) is 13.3 Å². The van der Waals surface area contributed by atoms with Gasteiger partial charge in [0.15, 0.2) is 0 Å². The maximum absolute atomic E-state index is 10.3. The second-order valence-corrected chi connectivity index (χ2v) is 5.61. The Labute approximate surface area is 129 Å². The van der Waals surface area contributed by atoms with E-state index in [2.05, 4.69) is 23.8 Å². The van der Waals surface area contributed by atoms with Crippen LogP contribution >= 0.6 is 0 Å². The zero-order valence-corrected chi connectivity index (χ0v) is 14.5. The Morgan fingerprint density at radius 3 is 1.57 bits per heavy atom. The van der Waals surface area contributed by atoms with E-state index in [4.69, 9.17) is 0 Å². The fraction of sp³-hybridized carbons (Fsp3) is 0.556. The normalized spacial score (nSPS) is 9.19. The van der Waals surface area contributed by atoms with Crippen LogP contribution in [0.5, 0.6) is 0 Å². The molecule has 0 atom stereocenters. The van der Waals surface area contributed by atoms with Crippen LogP contribution in [0.15, 0.2) is 30.3 Å². The lowest BCUT2D eigenvalue weighted by molar-refractivity contribution is -0.144. The summed E-state index contributed by atoms with van der Waals surface area (Å²) in [4.78, 5) is 20.3. The van der Waals surface area contributed by atoms with Crippen LogP contribution in [0.3, 0.4) is 0 Å². The first-order valence-corrected chi connectivity index (χ1v) is 7.33. The smallest absolute Gasteiger partial charge is 0.302 e. The minimum atomic E-state index is -0.213. The number of ether oxygens (including phenoxy) is 1. The Morgan fingerprint density at radius 1 is 1.00 bits per heavy atom. The van der Waals surface area contributed by atoms with Gasteiger partial charge in [-0.05, 0) is 33.6 Å². The molecule has 0 saturated heterocycles. The minimum Gasteiger partial charge on any atom is -0.463 e. The Bertz CT molecular complexity index is 361. The number of rotatable bonds is 3. The molecule has 0 radical (unpaired) electrons. The number of benzene rings is 1. The first-order chi connectivity index (χ1) is 9.65. The molecule has 0 heterocycles. The van der Waals surface area contributed by atoms with Crippen molar-refractivity contribution in [1.29, 1.82) is 0 Å². The van der Waals surface area contributed by atoms with Crippen molar-refractivity contribution in [2.45, 2.75) is 61.0 Å². The van der Waals surface area contributed by atoms with Crippen LogP contribution in [0.2, 0.25) is 0 Å². The maximum atomic E-state index is 10.3. The quantitative estimate of drug-likeness (QED) is 0.767. The third-order valence-electron chi connectivity index (χ3n) is 2.04. The topological polar surface area (TPSA) is 43.4 Å². The van der Waals surface area contributed by atoms with Gasteiger partial charge in [-0.1, -0.05) is 49.7 Å². The van der Waals surface area contributed by atoms with Crippen LogP contribution in [0.4, 0.5) is 0 Å². The van der Waals surface area contributed by atoms with E-state index in [0.29, 0.717) is 5.92 Å². The van der Waals surface area contributed by atoms with Crippen molar-refractivity contribution in [1.82, 2.24) is 0 Å². The number of ketones is 1. The summed E-state index contributed by atoms with van der Waals surface area (Å²) < 4.78 is 4.61. The van der Waals surface area contributed by atoms with Gasteiger partial charge in [-0.15, -0.1) is 0 Å². The molecule has 0 amide bonds. The molecule has 120 valence electrons. The van der Waals surface area contributed by atoms with Gasteiger partial charge in [-0.3, -0.25) is 4.79 Å². The lowest BCUT2D eigenvalue weighted by Gasteiger charge is -2.01. The molecule has 0 aromatic heterocycles. The number of hydrogen-bond donors (Lipinski definition) is 0. The first kappa shape index (κ1) is 21.7. The van der Waals surface area contributed by atoms with Crippen LogP contribution < -0.4 is 0 Å². The summed E-state index contributed by atoms with van der Waals surface area (Å²) >= 11 is 0. The summed E-state index contributed by atoms with van der Waals surface area (Å²) in [5, 5.41) is 0. The van der Waals surface area contributed by atoms with Crippen LogP contribution in [0.1, 0.15) is 53.5 Å². The number of hydrogen-bond acceptors (Lipinski definition) is 3. The molecule has 1 rings (SSSR count). The van der Waals surface area contributed by atoms with E-state index in [1.165, 1.54) is 12.5 Å². The minimum absolute atomic E-state index is 0.0255. The van der Waals surface area contributed by atoms with Crippen LogP contribution in [-0.2, 0) is 14.3 Å². The lowest BCUT2D eigenvalue weighted by Crippen LogP contribution is -2.06. The summed E-state index contributed by atoms with van der Waals surface area (Å²) in [7, 11) is 0. The Hall–Kier alpha value is -1.64. The molecule has 0 bridgehead atoms. The highest BCUT2D eigenvalue weighted by Gasteiger charge is 1.95. The molecule has 1 aromatic carbocycles. The number of carbonyl (C=O) groups is 2. The predicted octanol–water partition coefficient (Wildman–Crippen LogP) is 4.57. The van der Waals surface area contributed by atoms with Gasteiger partial charge in [0.25, 0.3) is 0 Å². The molecule has 1 aromatic rings. The number of Topliss-reactive ketones (excluding diaryl/α,β-unsaturated/α-hetero) is 1. The van der Waals surface area contributed by atoms with E-state index in [-0.39, 0.29) is 17.9 Å². The van der Waals surface area contributed by atoms with Gasteiger partial charge in [-0.25, -0.2) is 0 Å². The van der Waals surface area contributed by atoms with E-state index in [1.807, 2.05) is 45.9 Å². The highest BCUT2D eigenvalue weighted by molar-refractivity contribution is 5.75. The summed E-state index contributed by atoms with van der Waals surface area (Å²) in [6.07, 6.45) is 0.748. The van der Waals surface area contributed by atoms with Crippen molar-refractivity contribution in [3.8, 4) is 0 Å². The maximum Gasteiger partial charge on any atom is 0.302 e. The number of aryl methyl sites for hydroxylation is 1. The Balaban J connectivity index is 0. The Morgan fingerprint density at radius 2 is 1.48 bits per heavy atom. The molecule has 0 unspecified atom stereocenters. The average molecular weight is 294 g/mol. The standard InChI is InChI=1S/C7H8.C6H12O.C5H10O2/c1-7-5-3-2-4-6-7;1-5(2)4-6(3)7;1-4(2)7-5(3)6/h2-6H,1H3;5H,4H2,1-3H3;4H,1-3H3. The van der Waals surface area contributed by atoms with Gasteiger partial charge in [0.05, 0.1) is 6.10 Å². The zero-order valence-electron chi connectivity index (χ0n) is 14.5. The van der Waals surface area contributed by atoms with Gasteiger partial charge in [0.1, 0.15) is 5.78 Å². The van der Waals surface area contributed by atoms with Crippen molar-refractivity contribution in [3.63, 3.8) is 0 Å². The summed E-state index contributed by atoms with van der Waals surface area (Å²) in [6.45, 7) is 12.8. The molecule has 0 aliphatic heterocycles. The first-order valence-electron chi connectivity index (χ1n) is 7.33. The second-order valence-electron chi connectivity index (χ2n) is 5.61. The zero-order chi connectivity index (χ0) is 16.8. The number of esters is 1. The van der Waals surface area contributed by atoms with Gasteiger partial charge >= 0.3 is 5.97 Å². The highest BCUT2D eigenvalue weighted by atomic mass is 16.5. The second kappa shape index (κ2) is 13.3. The van der Waals surface area contributed by atoms with Crippen molar-refractivity contribution >= 4 is 11.8 Å². The fourth-order valence-electron chi connectivity index (χ4n) is 1.44. The third-order valence-corrected chi connectivity index (χ3v) is 2.04. The predicted molar refractivity (Wildman–Crippen MR) is 88.2 cm³/mol. The van der Waals surface area contributed by atoms with E-state index in [9.17, 15) is 9.59 Å². The number of carbonyl (C=O) groups excluding carboxylic acids is 2. The van der Waals surface area contributed by atoms with Crippen LogP contribution in [0.25, 0.3) is 0 Å². The van der Waals surface area contributed by atoms with Gasteiger partial charge in [-0.2, -0.15) is 0 Å². The molecule has 21 heavy (non-hydrogen) atoms. The van der Waals surface area contributed by atoms with Crippen molar-refractivity contribution < 1.29 is 14.3 Å². The molecular formula is C18H30O3. The highest BCUT2D eigenvalue weighted by Crippen LogP contribution is 1.97. The lowest BCUT2D eigenvalue weighted by atomic mass is 10.1. The monoisotopic (exact) mass is 294 g/mol. The summed E-state index contributed by atoms with van der Waals surface area (Å²) in [5.74, 6) is 0.600. The van der Waals surface area contributed by atoms with Crippen LogP contribution in [-0.4, -0.2) is 17.9 Å². The van der Waals surface area contributed by atoms with Gasteiger partial charge in [0.2, 0.25) is 0 Å². The average Bonchev–Trinajstić information content (AvgIpc) is 2.27. The summed E-state index contributed by atoms with van der Waals surface area (Å²) in [6, 6.07) is 10.3. The molecule has 0 saturated carbocycles. The molecule has 0 aliphatic rings. The largest absolute Gasteiger partial charge is 0.463 e. The molecule has 0 N–H and O–H groups in total. The molecule has 0 spiro atoms. The summed E-state index contributed by atoms with van der Waals surface area (Å²) in [5.41, 5.74) is 1.32. The van der Waals surface area contributed by atoms with Crippen molar-refractivity contribution in [2.75, 3.05) is 0 Å². The third kappa shape index (κ3) is 23.8. The van der Waals surface area contributed by atoms with Crippen molar-refractivity contribution in [3.05, 3.63) is 35.9 Å². The van der Waals surface area contributed by atoms with E-state index < -0.39 is 0 Å². The molecule has 3 nitrogen and oxygen atoms in total. The van der Waals surface area contributed by atoms with E-state index in [1.54, 1.807) is 6.92 Å².